The summed E-state index contributed by atoms with van der Waals surface area (Å²) in [6.07, 6.45) is 1.78. The summed E-state index contributed by atoms with van der Waals surface area (Å²) in [4.78, 5) is 37.1. The molecule has 29 heavy (non-hydrogen) atoms. The average Bonchev–Trinajstić information content (AvgIpc) is 3.12. The second kappa shape index (κ2) is 6.77. The number of para-hydroxylation sites is 1. The number of aromatic nitrogens is 3. The van der Waals surface area contributed by atoms with Crippen LogP contribution in [0.5, 0.6) is 0 Å². The van der Waals surface area contributed by atoms with E-state index in [4.69, 9.17) is 0 Å². The lowest BCUT2D eigenvalue weighted by Gasteiger charge is -2.35. The van der Waals surface area contributed by atoms with Crippen LogP contribution in [0.4, 0.5) is 5.82 Å². The zero-order valence-corrected chi connectivity index (χ0v) is 16.1. The average molecular weight is 387 g/mol. The van der Waals surface area contributed by atoms with Crippen molar-refractivity contribution in [3.05, 3.63) is 70.8 Å². The minimum absolute atomic E-state index is 0.0483. The van der Waals surface area contributed by atoms with Crippen LogP contribution >= 0.6 is 0 Å². The maximum absolute atomic E-state index is 13.2. The predicted octanol–water partition coefficient (Wildman–Crippen LogP) is 2.38. The van der Waals surface area contributed by atoms with Crippen LogP contribution < -0.4 is 10.5 Å². The van der Waals surface area contributed by atoms with Crippen molar-refractivity contribution in [2.45, 2.75) is 0 Å². The lowest BCUT2D eigenvalue weighted by Crippen LogP contribution is -2.49. The van der Waals surface area contributed by atoms with Gasteiger partial charge in [-0.15, -0.1) is 0 Å². The van der Waals surface area contributed by atoms with Gasteiger partial charge < -0.3 is 19.4 Å². The number of pyridine rings is 2. The number of rotatable bonds is 2. The largest absolute Gasteiger partial charge is 0.353 e. The smallest absolute Gasteiger partial charge is 0.270 e. The first-order valence-electron chi connectivity index (χ1n) is 9.69. The lowest BCUT2D eigenvalue weighted by atomic mass is 10.1. The van der Waals surface area contributed by atoms with Crippen molar-refractivity contribution in [2.24, 2.45) is 7.05 Å². The Labute approximate surface area is 167 Å². The Balaban J connectivity index is 1.46. The molecule has 146 valence electrons. The predicted molar refractivity (Wildman–Crippen MR) is 113 cm³/mol. The molecular weight excluding hydrogens is 366 g/mol. The standard InChI is InChI=1S/C22H21N5O2/c1-25-18(14-16-20(25)15-6-2-3-7-17(15)24-21(16)28)22(29)27-12-10-26(11-13-27)19-8-4-5-9-23-19/h2-9,14H,10-13H2,1H3,(H,24,28). The molecule has 1 N–H and O–H groups in total. The molecule has 7 heteroatoms. The fourth-order valence-electron chi connectivity index (χ4n) is 4.14. The monoisotopic (exact) mass is 387 g/mol. The summed E-state index contributed by atoms with van der Waals surface area (Å²) in [5, 5.41) is 1.48. The fourth-order valence-corrected chi connectivity index (χ4v) is 4.14. The third-order valence-corrected chi connectivity index (χ3v) is 5.67. The van der Waals surface area contributed by atoms with Gasteiger partial charge in [0.05, 0.1) is 16.4 Å². The molecule has 7 nitrogen and oxygen atoms in total. The van der Waals surface area contributed by atoms with Crippen LogP contribution in [-0.2, 0) is 7.05 Å². The number of amides is 1. The molecule has 0 saturated carbocycles. The molecule has 1 aliphatic rings. The molecule has 0 unspecified atom stereocenters. The zero-order chi connectivity index (χ0) is 20.0. The third kappa shape index (κ3) is 2.86. The van der Waals surface area contributed by atoms with Gasteiger partial charge in [0, 0.05) is 44.8 Å². The van der Waals surface area contributed by atoms with Crippen molar-refractivity contribution in [1.82, 2.24) is 19.4 Å². The number of H-pyrrole nitrogens is 1. The number of nitrogens with zero attached hydrogens (tertiary/aromatic N) is 4. The fraction of sp³-hybridized carbons (Fsp3) is 0.227. The molecule has 0 radical (unpaired) electrons. The number of anilines is 1. The van der Waals surface area contributed by atoms with Gasteiger partial charge in [0.25, 0.3) is 11.5 Å². The summed E-state index contributed by atoms with van der Waals surface area (Å²) < 4.78 is 1.85. The minimum atomic E-state index is -0.173. The van der Waals surface area contributed by atoms with Crippen LogP contribution in [0, 0.1) is 0 Å². The van der Waals surface area contributed by atoms with Gasteiger partial charge in [-0.05, 0) is 24.3 Å². The van der Waals surface area contributed by atoms with Gasteiger partial charge in [0.2, 0.25) is 0 Å². The van der Waals surface area contributed by atoms with E-state index in [1.807, 2.05) is 59.0 Å². The van der Waals surface area contributed by atoms with Gasteiger partial charge in [-0.1, -0.05) is 24.3 Å². The molecule has 1 fully saturated rings. The van der Waals surface area contributed by atoms with E-state index in [1.54, 1.807) is 12.3 Å². The number of piperazine rings is 1. The van der Waals surface area contributed by atoms with Crippen molar-refractivity contribution in [3.63, 3.8) is 0 Å². The molecule has 0 aliphatic carbocycles. The molecular formula is C22H21N5O2. The first-order chi connectivity index (χ1) is 14.1. The molecule has 1 saturated heterocycles. The highest BCUT2D eigenvalue weighted by atomic mass is 16.2. The number of benzene rings is 1. The second-order valence-corrected chi connectivity index (χ2v) is 7.32. The second-order valence-electron chi connectivity index (χ2n) is 7.32. The van der Waals surface area contributed by atoms with Crippen LogP contribution in [0.1, 0.15) is 10.5 Å². The van der Waals surface area contributed by atoms with E-state index in [-0.39, 0.29) is 11.5 Å². The van der Waals surface area contributed by atoms with Crippen LogP contribution in [0.3, 0.4) is 0 Å². The molecule has 0 spiro atoms. The van der Waals surface area contributed by atoms with E-state index in [2.05, 4.69) is 14.9 Å². The van der Waals surface area contributed by atoms with Gasteiger partial charge in [0.1, 0.15) is 11.5 Å². The number of hydrogen-bond donors (Lipinski definition) is 1. The molecule has 4 heterocycles. The summed E-state index contributed by atoms with van der Waals surface area (Å²) >= 11 is 0. The summed E-state index contributed by atoms with van der Waals surface area (Å²) in [5.41, 5.74) is 1.93. The van der Waals surface area contributed by atoms with Crippen molar-refractivity contribution < 1.29 is 4.79 Å². The number of carbonyl (C=O) groups excluding carboxylic acids is 1. The SMILES string of the molecule is Cn1c(C(=O)N2CCN(c3ccccn3)CC2)cc2c(=O)[nH]c3ccccc3c21. The first-order valence-corrected chi connectivity index (χ1v) is 9.69. The number of hydrogen-bond acceptors (Lipinski definition) is 4. The molecule has 0 bridgehead atoms. The van der Waals surface area contributed by atoms with E-state index in [0.29, 0.717) is 24.2 Å². The zero-order valence-electron chi connectivity index (χ0n) is 16.1. The minimum Gasteiger partial charge on any atom is -0.353 e. The molecule has 5 rings (SSSR count). The summed E-state index contributed by atoms with van der Waals surface area (Å²) in [7, 11) is 1.85. The van der Waals surface area contributed by atoms with Crippen LogP contribution in [0.15, 0.2) is 59.5 Å². The highest BCUT2D eigenvalue weighted by molar-refractivity contribution is 6.07. The Morgan fingerprint density at radius 3 is 2.52 bits per heavy atom. The van der Waals surface area contributed by atoms with Gasteiger partial charge in [0.15, 0.2) is 0 Å². The van der Waals surface area contributed by atoms with Crippen LogP contribution in [0.25, 0.3) is 21.8 Å². The topological polar surface area (TPSA) is 74.2 Å². The van der Waals surface area contributed by atoms with Crippen molar-refractivity contribution in [3.8, 4) is 0 Å². The Morgan fingerprint density at radius 2 is 1.76 bits per heavy atom. The molecule has 1 aromatic carbocycles. The van der Waals surface area contributed by atoms with Crippen LogP contribution in [0.2, 0.25) is 0 Å². The van der Waals surface area contributed by atoms with Crippen molar-refractivity contribution in [1.29, 1.82) is 0 Å². The van der Waals surface area contributed by atoms with Gasteiger partial charge in [-0.2, -0.15) is 0 Å². The Hall–Kier alpha value is -3.61. The normalized spacial score (nSPS) is 14.7. The number of aryl methyl sites for hydroxylation is 1. The molecule has 3 aromatic heterocycles. The number of fused-ring (bicyclic) bond motifs is 3. The lowest BCUT2D eigenvalue weighted by molar-refractivity contribution is 0.0737. The summed E-state index contributed by atoms with van der Waals surface area (Å²) in [5.74, 6) is 0.884. The Morgan fingerprint density at radius 1 is 1.00 bits per heavy atom. The maximum Gasteiger partial charge on any atom is 0.270 e. The number of carbonyl (C=O) groups is 1. The summed E-state index contributed by atoms with van der Waals surface area (Å²) in [6, 6.07) is 15.2. The van der Waals surface area contributed by atoms with Crippen molar-refractivity contribution in [2.75, 3.05) is 31.1 Å². The van der Waals surface area contributed by atoms with Gasteiger partial charge in [-0.25, -0.2) is 4.98 Å². The molecule has 1 amide bonds. The first kappa shape index (κ1) is 17.5. The highest BCUT2D eigenvalue weighted by Crippen LogP contribution is 2.25. The third-order valence-electron chi connectivity index (χ3n) is 5.67. The van der Waals surface area contributed by atoms with E-state index >= 15 is 0 Å². The maximum atomic E-state index is 13.2. The van der Waals surface area contributed by atoms with Crippen molar-refractivity contribution >= 4 is 33.5 Å². The Bertz CT molecular complexity index is 1270. The van der Waals surface area contributed by atoms with E-state index in [9.17, 15) is 9.59 Å². The highest BCUT2D eigenvalue weighted by Gasteiger charge is 2.26. The van der Waals surface area contributed by atoms with Gasteiger partial charge in [-0.3, -0.25) is 9.59 Å². The van der Waals surface area contributed by atoms with E-state index in [1.165, 1.54) is 0 Å². The van der Waals surface area contributed by atoms with E-state index < -0.39 is 0 Å². The Kier molecular flexibility index (Phi) is 4.08. The number of nitrogens with one attached hydrogen (secondary N) is 1. The quantitative estimate of drug-likeness (QED) is 0.573. The molecule has 1 aliphatic heterocycles. The van der Waals surface area contributed by atoms with Crippen LogP contribution in [-0.4, -0.2) is 51.5 Å². The number of aromatic amines is 1. The van der Waals surface area contributed by atoms with E-state index in [0.717, 1.165) is 35.3 Å². The molecule has 0 atom stereocenters. The molecule has 4 aromatic rings. The van der Waals surface area contributed by atoms with Gasteiger partial charge >= 0.3 is 0 Å². The summed E-state index contributed by atoms with van der Waals surface area (Å²) in [6.45, 7) is 2.70.